The van der Waals surface area contributed by atoms with Crippen LogP contribution < -0.4 is 10.2 Å². The van der Waals surface area contributed by atoms with Crippen molar-refractivity contribution in [1.29, 1.82) is 5.26 Å². The van der Waals surface area contributed by atoms with Crippen LogP contribution in [0.25, 0.3) is 22.4 Å². The van der Waals surface area contributed by atoms with Crippen LogP contribution in [0.2, 0.25) is 0 Å². The Labute approximate surface area is 204 Å². The van der Waals surface area contributed by atoms with Gasteiger partial charge in [0.05, 0.1) is 29.4 Å². The second kappa shape index (κ2) is 8.69. The molecule has 0 saturated carbocycles. The van der Waals surface area contributed by atoms with Crippen molar-refractivity contribution in [1.82, 2.24) is 25.2 Å². The number of nitrogens with one attached hydrogen (secondary N) is 2. The van der Waals surface area contributed by atoms with Gasteiger partial charge in [0.2, 0.25) is 5.91 Å². The van der Waals surface area contributed by atoms with E-state index in [4.69, 9.17) is 10.2 Å². The molecule has 9 nitrogen and oxygen atoms in total. The molecule has 4 heterocycles. The molecule has 2 aromatic heterocycles. The number of rotatable bonds is 5. The summed E-state index contributed by atoms with van der Waals surface area (Å²) in [5.41, 5.74) is 4.37. The Hall–Kier alpha value is -3.93. The van der Waals surface area contributed by atoms with Crippen LogP contribution in [0.15, 0.2) is 36.7 Å². The molecule has 180 valence electrons. The minimum Gasteiger partial charge on any atom is -0.371 e. The molecular weight excluding hydrogens is 442 g/mol. The Morgan fingerprint density at radius 1 is 1.31 bits per heavy atom. The summed E-state index contributed by atoms with van der Waals surface area (Å²) in [5, 5.41) is 11.7. The summed E-state index contributed by atoms with van der Waals surface area (Å²) in [6.07, 6.45) is 4.43. The standard InChI is InChI=1S/C26H29N7O2/c1-16(25(35)33-13-17(10-27)14-33)30-24(34)20-11-28-23-22(20)31-21(12-29-23)18-5-4-6-19(9-18)32-8-7-26(2,3)15-32/h4-6,9,11-12,16-17H,7-8,13-15H2,1-3H3,(H,28,29)(H,30,34)/t16-/m1/s1. The van der Waals surface area contributed by atoms with Gasteiger partial charge in [0.25, 0.3) is 5.91 Å². The third-order valence-electron chi connectivity index (χ3n) is 6.90. The number of H-pyrrole nitrogens is 1. The highest BCUT2D eigenvalue weighted by Crippen LogP contribution is 2.34. The molecule has 1 atom stereocenters. The first-order valence-electron chi connectivity index (χ1n) is 11.9. The summed E-state index contributed by atoms with van der Waals surface area (Å²) in [6.45, 7) is 9.07. The third kappa shape index (κ3) is 4.44. The molecule has 2 fully saturated rings. The Bertz CT molecular complexity index is 1330. The summed E-state index contributed by atoms with van der Waals surface area (Å²) in [4.78, 5) is 41.7. The maximum atomic E-state index is 13.0. The normalized spacial score (nSPS) is 18.2. The summed E-state index contributed by atoms with van der Waals surface area (Å²) in [7, 11) is 0. The first-order chi connectivity index (χ1) is 16.7. The minimum atomic E-state index is -0.704. The molecule has 2 aliphatic rings. The van der Waals surface area contributed by atoms with Crippen molar-refractivity contribution in [3.63, 3.8) is 0 Å². The molecule has 9 heteroatoms. The molecule has 3 aromatic rings. The number of nitriles is 1. The van der Waals surface area contributed by atoms with Crippen LogP contribution in [0.1, 0.15) is 37.6 Å². The van der Waals surface area contributed by atoms with Crippen molar-refractivity contribution in [2.45, 2.75) is 33.2 Å². The topological polar surface area (TPSA) is 118 Å². The van der Waals surface area contributed by atoms with Gasteiger partial charge in [-0.05, 0) is 30.9 Å². The molecular formula is C26H29N7O2. The molecule has 2 aliphatic heterocycles. The van der Waals surface area contributed by atoms with Gasteiger partial charge in [-0.15, -0.1) is 0 Å². The zero-order chi connectivity index (χ0) is 24.7. The fourth-order valence-corrected chi connectivity index (χ4v) is 4.75. The maximum Gasteiger partial charge on any atom is 0.255 e. The molecule has 5 rings (SSSR count). The van der Waals surface area contributed by atoms with Crippen LogP contribution in [-0.2, 0) is 4.79 Å². The van der Waals surface area contributed by atoms with Gasteiger partial charge in [-0.3, -0.25) is 9.59 Å². The number of aromatic nitrogens is 3. The number of likely N-dealkylation sites (tertiary alicyclic amines) is 1. The SMILES string of the molecule is C[C@@H](NC(=O)c1c[nH]c2ncc(-c3cccc(N4CCC(C)(C)C4)c3)nc12)C(=O)N1CC(C#N)C1. The van der Waals surface area contributed by atoms with Crippen molar-refractivity contribution in [3.05, 3.63) is 42.2 Å². The van der Waals surface area contributed by atoms with E-state index in [2.05, 4.69) is 52.2 Å². The van der Waals surface area contributed by atoms with Crippen LogP contribution in [0.3, 0.4) is 0 Å². The summed E-state index contributed by atoms with van der Waals surface area (Å²) < 4.78 is 0. The number of hydrogen-bond acceptors (Lipinski definition) is 6. The minimum absolute atomic E-state index is 0.125. The number of aromatic amines is 1. The van der Waals surface area contributed by atoms with E-state index in [9.17, 15) is 9.59 Å². The van der Waals surface area contributed by atoms with Gasteiger partial charge in [-0.2, -0.15) is 5.26 Å². The molecule has 0 aliphatic carbocycles. The summed E-state index contributed by atoms with van der Waals surface area (Å²) >= 11 is 0. The van der Waals surface area contributed by atoms with Crippen molar-refractivity contribution in [2.24, 2.45) is 11.3 Å². The van der Waals surface area contributed by atoms with Crippen LogP contribution in [0.4, 0.5) is 5.69 Å². The largest absolute Gasteiger partial charge is 0.371 e. The van der Waals surface area contributed by atoms with Crippen LogP contribution in [0.5, 0.6) is 0 Å². The summed E-state index contributed by atoms with van der Waals surface area (Å²) in [6, 6.07) is 9.69. The number of nitrogens with zero attached hydrogens (tertiary/aromatic N) is 5. The van der Waals surface area contributed by atoms with Crippen LogP contribution in [0, 0.1) is 22.7 Å². The van der Waals surface area contributed by atoms with E-state index in [0.29, 0.717) is 40.9 Å². The predicted octanol–water partition coefficient (Wildman–Crippen LogP) is 2.96. The second-order valence-corrected chi connectivity index (χ2v) is 10.3. The van der Waals surface area contributed by atoms with Crippen molar-refractivity contribution < 1.29 is 9.59 Å². The lowest BCUT2D eigenvalue weighted by molar-refractivity contribution is -0.137. The highest BCUT2D eigenvalue weighted by Gasteiger charge is 2.34. The van der Waals surface area contributed by atoms with E-state index in [1.54, 1.807) is 24.2 Å². The molecule has 0 unspecified atom stereocenters. The third-order valence-corrected chi connectivity index (χ3v) is 6.90. The average molecular weight is 472 g/mol. The van der Waals surface area contributed by atoms with Gasteiger partial charge in [0, 0.05) is 43.6 Å². The fraction of sp³-hybridized carbons (Fsp3) is 0.423. The quantitative estimate of drug-likeness (QED) is 0.591. The molecule has 2 amide bonds. The summed E-state index contributed by atoms with van der Waals surface area (Å²) in [5.74, 6) is -0.716. The van der Waals surface area contributed by atoms with Gasteiger partial charge in [-0.25, -0.2) is 9.97 Å². The Morgan fingerprint density at radius 3 is 2.83 bits per heavy atom. The van der Waals surface area contributed by atoms with Gasteiger partial charge < -0.3 is 20.1 Å². The molecule has 35 heavy (non-hydrogen) atoms. The van der Waals surface area contributed by atoms with Gasteiger partial charge in [-0.1, -0.05) is 26.0 Å². The Balaban J connectivity index is 1.35. The van der Waals surface area contributed by atoms with E-state index in [1.165, 1.54) is 0 Å². The van der Waals surface area contributed by atoms with E-state index < -0.39 is 11.9 Å². The van der Waals surface area contributed by atoms with E-state index in [0.717, 1.165) is 30.8 Å². The Morgan fingerprint density at radius 2 is 2.11 bits per heavy atom. The number of hydrogen-bond donors (Lipinski definition) is 2. The molecule has 0 spiro atoms. The zero-order valence-electron chi connectivity index (χ0n) is 20.2. The van der Waals surface area contributed by atoms with Gasteiger partial charge in [0.1, 0.15) is 11.6 Å². The van der Waals surface area contributed by atoms with E-state index >= 15 is 0 Å². The average Bonchev–Trinajstić information content (AvgIpc) is 3.40. The number of carbonyl (C=O) groups excluding carboxylic acids is 2. The number of benzene rings is 1. The lowest BCUT2D eigenvalue weighted by Crippen LogP contribution is -2.55. The molecule has 2 N–H and O–H groups in total. The first kappa shape index (κ1) is 22.8. The second-order valence-electron chi connectivity index (χ2n) is 10.3. The number of fused-ring (bicyclic) bond motifs is 1. The number of anilines is 1. The smallest absolute Gasteiger partial charge is 0.255 e. The maximum absolute atomic E-state index is 13.0. The van der Waals surface area contributed by atoms with Crippen molar-refractivity contribution >= 4 is 28.7 Å². The highest BCUT2D eigenvalue weighted by molar-refractivity contribution is 6.06. The number of amides is 2. The van der Waals surface area contributed by atoms with Gasteiger partial charge >= 0.3 is 0 Å². The van der Waals surface area contributed by atoms with E-state index in [1.807, 2.05) is 12.1 Å². The van der Waals surface area contributed by atoms with Crippen molar-refractivity contribution in [2.75, 3.05) is 31.1 Å². The fourth-order valence-electron chi connectivity index (χ4n) is 4.75. The monoisotopic (exact) mass is 471 g/mol. The molecule has 1 aromatic carbocycles. The predicted molar refractivity (Wildman–Crippen MR) is 133 cm³/mol. The van der Waals surface area contributed by atoms with Gasteiger partial charge in [0.15, 0.2) is 5.65 Å². The molecule has 0 radical (unpaired) electrons. The molecule has 2 saturated heterocycles. The highest BCUT2D eigenvalue weighted by atomic mass is 16.2. The lowest BCUT2D eigenvalue weighted by atomic mass is 9.93. The van der Waals surface area contributed by atoms with Crippen LogP contribution in [-0.4, -0.2) is 63.9 Å². The number of carbonyl (C=O) groups is 2. The molecule has 0 bridgehead atoms. The zero-order valence-corrected chi connectivity index (χ0v) is 20.2. The first-order valence-corrected chi connectivity index (χ1v) is 11.9. The Kier molecular flexibility index (Phi) is 5.67. The van der Waals surface area contributed by atoms with Crippen LogP contribution >= 0.6 is 0 Å². The van der Waals surface area contributed by atoms with Crippen molar-refractivity contribution in [3.8, 4) is 17.3 Å². The lowest BCUT2D eigenvalue weighted by Gasteiger charge is -2.37. The van der Waals surface area contributed by atoms with E-state index in [-0.39, 0.29) is 11.8 Å².